The number of halogens is 2. The van der Waals surface area contributed by atoms with Crippen LogP contribution in [0.3, 0.4) is 0 Å². The first kappa shape index (κ1) is 17.7. The zero-order valence-electron chi connectivity index (χ0n) is 11.5. The fourth-order valence-corrected chi connectivity index (χ4v) is 2.78. The van der Waals surface area contributed by atoms with Crippen LogP contribution in [-0.2, 0) is 10.0 Å². The molecule has 0 aliphatic heterocycles. The number of nitrogens with two attached hydrogens (primary N) is 1. The first-order chi connectivity index (χ1) is 9.65. The van der Waals surface area contributed by atoms with Gasteiger partial charge in [-0.25, -0.2) is 22.3 Å². The number of rotatable bonds is 5. The maximum Gasteiger partial charge on any atom is 0.316 e. The molecule has 0 atom stereocenters. The van der Waals surface area contributed by atoms with Gasteiger partial charge in [-0.15, -0.1) is 0 Å². The average Bonchev–Trinajstić information content (AvgIpc) is 2.38. The van der Waals surface area contributed by atoms with E-state index in [0.29, 0.717) is 0 Å². The van der Waals surface area contributed by atoms with Crippen molar-refractivity contribution in [2.75, 3.05) is 32.9 Å². The summed E-state index contributed by atoms with van der Waals surface area (Å²) in [5, 5.41) is 2.48. The number of nitrogens with one attached hydrogen (secondary N) is 2. The van der Waals surface area contributed by atoms with Crippen molar-refractivity contribution in [3.05, 3.63) is 22.4 Å². The molecule has 0 spiro atoms. The second kappa shape index (κ2) is 7.05. The van der Waals surface area contributed by atoms with Gasteiger partial charge in [0, 0.05) is 37.3 Å². The predicted molar refractivity (Wildman–Crippen MR) is 80.8 cm³/mol. The fraction of sp³-hybridized carbons (Fsp3) is 0.364. The Morgan fingerprint density at radius 3 is 2.57 bits per heavy atom. The van der Waals surface area contributed by atoms with E-state index in [1.807, 2.05) is 0 Å². The summed E-state index contributed by atoms with van der Waals surface area (Å²) in [6, 6.07) is 1.66. The summed E-state index contributed by atoms with van der Waals surface area (Å²) in [4.78, 5) is 12.0. The van der Waals surface area contributed by atoms with Gasteiger partial charge in [-0.1, -0.05) is 0 Å². The van der Waals surface area contributed by atoms with Gasteiger partial charge in [-0.05, 0) is 28.1 Å². The van der Waals surface area contributed by atoms with E-state index < -0.39 is 20.7 Å². The molecule has 1 rings (SSSR count). The van der Waals surface area contributed by atoms with Crippen molar-refractivity contribution in [3.63, 3.8) is 0 Å². The molecule has 118 valence electrons. The second-order valence-corrected chi connectivity index (χ2v) is 6.92. The molecule has 0 bridgehead atoms. The van der Waals surface area contributed by atoms with Crippen molar-refractivity contribution < 1.29 is 17.6 Å². The maximum absolute atomic E-state index is 13.7. The number of urea groups is 1. The molecular weight excluding hydrogens is 367 g/mol. The zero-order chi connectivity index (χ0) is 16.2. The van der Waals surface area contributed by atoms with Crippen LogP contribution in [0.15, 0.2) is 21.5 Å². The van der Waals surface area contributed by atoms with Gasteiger partial charge < -0.3 is 16.0 Å². The van der Waals surface area contributed by atoms with E-state index in [1.54, 1.807) is 14.1 Å². The zero-order valence-corrected chi connectivity index (χ0v) is 13.9. The number of benzene rings is 1. The fourth-order valence-electron chi connectivity index (χ4n) is 1.34. The van der Waals surface area contributed by atoms with Crippen LogP contribution in [0.1, 0.15) is 0 Å². The number of anilines is 1. The Kier molecular flexibility index (Phi) is 5.93. The summed E-state index contributed by atoms with van der Waals surface area (Å²) in [7, 11) is -0.929. The predicted octanol–water partition coefficient (Wildman–Crippen LogP) is 0.720. The molecule has 10 heteroatoms. The minimum absolute atomic E-state index is 0.0721. The lowest BCUT2D eigenvalue weighted by Gasteiger charge is -2.13. The van der Waals surface area contributed by atoms with Crippen molar-refractivity contribution in [1.29, 1.82) is 0 Å². The molecule has 0 aliphatic carbocycles. The van der Waals surface area contributed by atoms with E-state index in [4.69, 9.17) is 5.73 Å². The highest BCUT2D eigenvalue weighted by Gasteiger charge is 2.20. The minimum atomic E-state index is -4.04. The molecule has 0 saturated carbocycles. The highest BCUT2D eigenvalue weighted by atomic mass is 79.9. The molecule has 1 aromatic carbocycles. The summed E-state index contributed by atoms with van der Waals surface area (Å²) in [5.74, 6) is -0.916. The highest BCUT2D eigenvalue weighted by Crippen LogP contribution is 2.25. The normalized spacial score (nSPS) is 11.2. The number of carbonyl (C=O) groups is 1. The average molecular weight is 383 g/mol. The third kappa shape index (κ3) is 4.83. The molecule has 0 saturated heterocycles. The number of hydrogen-bond donors (Lipinski definition) is 3. The van der Waals surface area contributed by atoms with Gasteiger partial charge in [0.05, 0.1) is 0 Å². The van der Waals surface area contributed by atoms with Crippen LogP contribution in [0.5, 0.6) is 0 Å². The van der Waals surface area contributed by atoms with Crippen LogP contribution in [0.4, 0.5) is 14.9 Å². The van der Waals surface area contributed by atoms with E-state index in [2.05, 4.69) is 26.0 Å². The molecule has 1 aromatic rings. The Balaban J connectivity index is 2.71. The van der Waals surface area contributed by atoms with Gasteiger partial charge in [0.25, 0.3) is 0 Å². The van der Waals surface area contributed by atoms with Gasteiger partial charge in [-0.3, -0.25) is 0 Å². The molecule has 0 aliphatic rings. The highest BCUT2D eigenvalue weighted by molar-refractivity contribution is 9.10. The smallest absolute Gasteiger partial charge is 0.316 e. The van der Waals surface area contributed by atoms with Crippen molar-refractivity contribution in [3.8, 4) is 0 Å². The summed E-state index contributed by atoms with van der Waals surface area (Å²) >= 11 is 3.01. The number of nitrogens with zero attached hydrogens (tertiary/aromatic N) is 1. The lowest BCUT2D eigenvalue weighted by Crippen LogP contribution is -2.39. The molecule has 0 heterocycles. The number of hydrogen-bond acceptors (Lipinski definition) is 4. The van der Waals surface area contributed by atoms with Crippen molar-refractivity contribution in [2.45, 2.75) is 4.90 Å². The van der Waals surface area contributed by atoms with Crippen molar-refractivity contribution in [2.24, 2.45) is 0 Å². The summed E-state index contributed by atoms with van der Waals surface area (Å²) in [6.45, 7) is 0.00119. The van der Waals surface area contributed by atoms with Gasteiger partial charge >= 0.3 is 6.03 Å². The van der Waals surface area contributed by atoms with E-state index in [1.165, 1.54) is 4.90 Å². The first-order valence-corrected chi connectivity index (χ1v) is 8.12. The number of amides is 2. The van der Waals surface area contributed by atoms with E-state index in [0.717, 1.165) is 12.1 Å². The standard InChI is InChI=1S/C11H16BrFN4O3S/c1-17(2)11(18)15-3-4-16-21(19,20)10-6-9(14)7(12)5-8(10)13/h5-6,16H,3-4,14H2,1-2H3,(H,15,18). The van der Waals surface area contributed by atoms with Crippen LogP contribution in [-0.4, -0.2) is 46.5 Å². The quantitative estimate of drug-likeness (QED) is 0.515. The SMILES string of the molecule is CN(C)C(=O)NCCNS(=O)(=O)c1cc(N)c(Br)cc1F. The van der Waals surface area contributed by atoms with E-state index >= 15 is 0 Å². The molecule has 4 N–H and O–H groups in total. The van der Waals surface area contributed by atoms with E-state index in [-0.39, 0.29) is 29.3 Å². The van der Waals surface area contributed by atoms with Crippen molar-refractivity contribution in [1.82, 2.24) is 14.9 Å². The molecule has 2 amide bonds. The molecular formula is C11H16BrFN4O3S. The lowest BCUT2D eigenvalue weighted by molar-refractivity contribution is 0.217. The Morgan fingerprint density at radius 2 is 2.00 bits per heavy atom. The van der Waals surface area contributed by atoms with Crippen LogP contribution < -0.4 is 15.8 Å². The molecule has 7 nitrogen and oxygen atoms in total. The Morgan fingerprint density at radius 1 is 1.38 bits per heavy atom. The summed E-state index contributed by atoms with van der Waals surface area (Å²) in [6.07, 6.45) is 0. The lowest BCUT2D eigenvalue weighted by atomic mass is 10.3. The van der Waals surface area contributed by atoms with Crippen LogP contribution in [0.25, 0.3) is 0 Å². The van der Waals surface area contributed by atoms with Gasteiger partial charge in [-0.2, -0.15) is 0 Å². The van der Waals surface area contributed by atoms with Gasteiger partial charge in [0.15, 0.2) is 0 Å². The molecule has 0 aromatic heterocycles. The molecule has 0 radical (unpaired) electrons. The molecule has 21 heavy (non-hydrogen) atoms. The van der Waals surface area contributed by atoms with Crippen LogP contribution >= 0.6 is 15.9 Å². The summed E-state index contributed by atoms with van der Waals surface area (Å²) < 4.78 is 40.0. The molecule has 0 fully saturated rings. The largest absolute Gasteiger partial charge is 0.398 e. The van der Waals surface area contributed by atoms with E-state index in [9.17, 15) is 17.6 Å². The maximum atomic E-state index is 13.7. The number of carbonyl (C=O) groups excluding carboxylic acids is 1. The second-order valence-electron chi connectivity index (χ2n) is 4.33. The Labute approximate surface area is 130 Å². The van der Waals surface area contributed by atoms with Gasteiger partial charge in [0.1, 0.15) is 10.7 Å². The number of sulfonamides is 1. The van der Waals surface area contributed by atoms with Crippen LogP contribution in [0.2, 0.25) is 0 Å². The molecule has 0 unspecified atom stereocenters. The Hall–Kier alpha value is -1.39. The van der Waals surface area contributed by atoms with Crippen LogP contribution in [0, 0.1) is 5.82 Å². The number of nitrogen functional groups attached to an aromatic ring is 1. The third-order valence-electron chi connectivity index (χ3n) is 2.44. The minimum Gasteiger partial charge on any atom is -0.398 e. The van der Waals surface area contributed by atoms with Gasteiger partial charge in [0.2, 0.25) is 10.0 Å². The Bertz CT molecular complexity index is 637. The van der Waals surface area contributed by atoms with Crippen molar-refractivity contribution >= 4 is 37.7 Å². The third-order valence-corrected chi connectivity index (χ3v) is 4.60. The first-order valence-electron chi connectivity index (χ1n) is 5.84. The summed E-state index contributed by atoms with van der Waals surface area (Å²) in [5.41, 5.74) is 5.65. The topological polar surface area (TPSA) is 105 Å². The monoisotopic (exact) mass is 382 g/mol.